The molecule has 22 heavy (non-hydrogen) atoms. The zero-order chi connectivity index (χ0) is 15.7. The van der Waals surface area contributed by atoms with Gasteiger partial charge in [-0.15, -0.1) is 0 Å². The zero-order valence-corrected chi connectivity index (χ0v) is 14.1. The van der Waals surface area contributed by atoms with Gasteiger partial charge in [-0.2, -0.15) is 0 Å². The van der Waals surface area contributed by atoms with Crippen LogP contribution in [0, 0.1) is 29.6 Å². The van der Waals surface area contributed by atoms with Gasteiger partial charge in [-0.1, -0.05) is 20.8 Å². The molecule has 2 bridgehead atoms. The lowest BCUT2D eigenvalue weighted by molar-refractivity contribution is -0.164. The lowest BCUT2D eigenvalue weighted by atomic mass is 9.70. The van der Waals surface area contributed by atoms with E-state index in [0.717, 1.165) is 25.7 Å². The molecule has 0 aromatic rings. The van der Waals surface area contributed by atoms with Crippen molar-refractivity contribution >= 4 is 5.97 Å². The van der Waals surface area contributed by atoms with Crippen molar-refractivity contribution < 1.29 is 19.0 Å². The number of carbonyl (C=O) groups excluding carboxylic acids is 1. The molecule has 0 amide bonds. The quantitative estimate of drug-likeness (QED) is 0.411. The van der Waals surface area contributed by atoms with Gasteiger partial charge < -0.3 is 14.2 Å². The average Bonchev–Trinajstić information content (AvgIpc) is 3.20. The molecule has 0 aromatic carbocycles. The number of hydrogen-bond acceptors (Lipinski definition) is 4. The SMILES string of the molecule is CCCOCOC(=O)C1CC2CC1C1C(CC)OC(CC)C21. The van der Waals surface area contributed by atoms with E-state index in [-0.39, 0.29) is 18.7 Å². The van der Waals surface area contributed by atoms with Gasteiger partial charge in [0, 0.05) is 0 Å². The first-order valence-corrected chi connectivity index (χ1v) is 9.11. The monoisotopic (exact) mass is 310 g/mol. The van der Waals surface area contributed by atoms with Gasteiger partial charge in [0.15, 0.2) is 6.79 Å². The van der Waals surface area contributed by atoms with Gasteiger partial charge in [0.1, 0.15) is 0 Å². The van der Waals surface area contributed by atoms with E-state index in [1.165, 1.54) is 6.42 Å². The first-order valence-electron chi connectivity index (χ1n) is 9.11. The molecule has 126 valence electrons. The highest BCUT2D eigenvalue weighted by Gasteiger charge is 2.62. The van der Waals surface area contributed by atoms with Gasteiger partial charge in [-0.3, -0.25) is 4.79 Å². The molecule has 4 heteroatoms. The topological polar surface area (TPSA) is 44.8 Å². The van der Waals surface area contributed by atoms with Crippen LogP contribution in [0.1, 0.15) is 52.9 Å². The minimum atomic E-state index is -0.0446. The minimum absolute atomic E-state index is 0.0446. The number of rotatable bonds is 7. The van der Waals surface area contributed by atoms with E-state index in [1.54, 1.807) is 0 Å². The number of carbonyl (C=O) groups is 1. The van der Waals surface area contributed by atoms with Crippen molar-refractivity contribution in [1.29, 1.82) is 0 Å². The Bertz CT molecular complexity index is 397. The molecule has 2 aliphatic carbocycles. The first kappa shape index (κ1) is 16.3. The van der Waals surface area contributed by atoms with Crippen molar-refractivity contribution in [3.05, 3.63) is 0 Å². The summed E-state index contributed by atoms with van der Waals surface area (Å²) in [5, 5.41) is 0. The number of hydrogen-bond donors (Lipinski definition) is 0. The van der Waals surface area contributed by atoms with Crippen LogP contribution in [0.15, 0.2) is 0 Å². The van der Waals surface area contributed by atoms with Gasteiger partial charge >= 0.3 is 5.97 Å². The van der Waals surface area contributed by atoms with Crippen LogP contribution in [-0.4, -0.2) is 31.6 Å². The first-order chi connectivity index (χ1) is 10.7. The summed E-state index contributed by atoms with van der Waals surface area (Å²) in [6.07, 6.45) is 6.05. The zero-order valence-electron chi connectivity index (χ0n) is 14.1. The summed E-state index contributed by atoms with van der Waals surface area (Å²) in [5.74, 6) is 2.41. The fourth-order valence-corrected chi connectivity index (χ4v) is 5.35. The van der Waals surface area contributed by atoms with E-state index in [2.05, 4.69) is 13.8 Å². The van der Waals surface area contributed by atoms with Crippen LogP contribution in [0.25, 0.3) is 0 Å². The van der Waals surface area contributed by atoms with Crippen LogP contribution >= 0.6 is 0 Å². The smallest absolute Gasteiger partial charge is 0.311 e. The summed E-state index contributed by atoms with van der Waals surface area (Å²) in [7, 11) is 0. The summed E-state index contributed by atoms with van der Waals surface area (Å²) >= 11 is 0. The fourth-order valence-electron chi connectivity index (χ4n) is 5.35. The molecular weight excluding hydrogens is 280 g/mol. The van der Waals surface area contributed by atoms with Gasteiger partial charge in [-0.05, 0) is 55.8 Å². The maximum Gasteiger partial charge on any atom is 0.311 e. The minimum Gasteiger partial charge on any atom is -0.438 e. The van der Waals surface area contributed by atoms with E-state index in [4.69, 9.17) is 14.2 Å². The van der Waals surface area contributed by atoms with Crippen LogP contribution < -0.4 is 0 Å². The highest BCUT2D eigenvalue weighted by atomic mass is 16.7. The molecule has 1 aliphatic heterocycles. The molecule has 0 N–H and O–H groups in total. The largest absolute Gasteiger partial charge is 0.438 e. The molecule has 0 spiro atoms. The van der Waals surface area contributed by atoms with Crippen LogP contribution in [0.4, 0.5) is 0 Å². The van der Waals surface area contributed by atoms with E-state index in [1.807, 2.05) is 6.92 Å². The predicted octanol–water partition coefficient (Wildman–Crippen LogP) is 3.39. The van der Waals surface area contributed by atoms with Crippen molar-refractivity contribution in [3.63, 3.8) is 0 Å². The predicted molar refractivity (Wildman–Crippen MR) is 83.1 cm³/mol. The van der Waals surface area contributed by atoms with Crippen molar-refractivity contribution in [1.82, 2.24) is 0 Å². The van der Waals surface area contributed by atoms with Crippen LogP contribution in [0.5, 0.6) is 0 Å². The van der Waals surface area contributed by atoms with Crippen LogP contribution in [0.2, 0.25) is 0 Å². The number of fused-ring (bicyclic) bond motifs is 5. The van der Waals surface area contributed by atoms with Gasteiger partial charge in [0.25, 0.3) is 0 Å². The van der Waals surface area contributed by atoms with Gasteiger partial charge in [0.05, 0.1) is 24.7 Å². The van der Waals surface area contributed by atoms with Crippen molar-refractivity contribution in [2.45, 2.75) is 65.1 Å². The molecule has 7 unspecified atom stereocenters. The summed E-state index contributed by atoms with van der Waals surface area (Å²) in [5.41, 5.74) is 0. The van der Waals surface area contributed by atoms with E-state index in [0.29, 0.717) is 42.5 Å². The standard InChI is InChI=1S/C18H30O4/c1-4-7-20-10-21-18(19)13-9-11-8-12(13)17-15(6-3)22-14(5-2)16(11)17/h11-17H,4-10H2,1-3H3. The maximum atomic E-state index is 12.4. The van der Waals surface area contributed by atoms with Crippen LogP contribution in [-0.2, 0) is 19.0 Å². The number of ether oxygens (including phenoxy) is 3. The Morgan fingerprint density at radius 3 is 2.50 bits per heavy atom. The fraction of sp³-hybridized carbons (Fsp3) is 0.944. The molecule has 1 saturated heterocycles. The van der Waals surface area contributed by atoms with E-state index >= 15 is 0 Å². The second-order valence-electron chi connectivity index (χ2n) is 7.18. The third-order valence-electron chi connectivity index (χ3n) is 6.08. The maximum absolute atomic E-state index is 12.4. The Labute approximate surface area is 133 Å². The molecule has 0 radical (unpaired) electrons. The lowest BCUT2D eigenvalue weighted by Gasteiger charge is -2.32. The third kappa shape index (κ3) is 2.69. The summed E-state index contributed by atoms with van der Waals surface area (Å²) < 4.78 is 16.9. The Balaban J connectivity index is 1.61. The summed E-state index contributed by atoms with van der Waals surface area (Å²) in [4.78, 5) is 12.4. The Morgan fingerprint density at radius 2 is 1.82 bits per heavy atom. The molecule has 1 heterocycles. The Morgan fingerprint density at radius 1 is 1.09 bits per heavy atom. The molecule has 0 aromatic heterocycles. The lowest BCUT2D eigenvalue weighted by Crippen LogP contribution is -2.36. The van der Waals surface area contributed by atoms with Crippen molar-refractivity contribution in [3.8, 4) is 0 Å². The highest BCUT2D eigenvalue weighted by Crippen LogP contribution is 2.62. The van der Waals surface area contributed by atoms with Crippen molar-refractivity contribution in [2.75, 3.05) is 13.4 Å². The summed E-state index contributed by atoms with van der Waals surface area (Å²) in [6.45, 7) is 7.24. The molecule has 3 aliphatic rings. The molecular formula is C18H30O4. The third-order valence-corrected chi connectivity index (χ3v) is 6.08. The molecule has 2 saturated carbocycles. The Kier molecular flexibility index (Phi) is 5.08. The molecule has 4 nitrogen and oxygen atoms in total. The van der Waals surface area contributed by atoms with Gasteiger partial charge in [0.2, 0.25) is 0 Å². The normalized spacial score (nSPS) is 42.6. The second-order valence-corrected chi connectivity index (χ2v) is 7.18. The summed E-state index contributed by atoms with van der Waals surface area (Å²) in [6, 6.07) is 0. The van der Waals surface area contributed by atoms with Crippen molar-refractivity contribution in [2.24, 2.45) is 29.6 Å². The van der Waals surface area contributed by atoms with E-state index < -0.39 is 0 Å². The van der Waals surface area contributed by atoms with Gasteiger partial charge in [-0.25, -0.2) is 0 Å². The highest BCUT2D eigenvalue weighted by molar-refractivity contribution is 5.73. The van der Waals surface area contributed by atoms with Crippen LogP contribution in [0.3, 0.4) is 0 Å². The molecule has 3 rings (SSSR count). The Hall–Kier alpha value is -0.610. The average molecular weight is 310 g/mol. The number of esters is 1. The van der Waals surface area contributed by atoms with E-state index in [9.17, 15) is 4.79 Å². The second kappa shape index (κ2) is 6.88. The molecule has 3 fully saturated rings. The molecule has 7 atom stereocenters.